The Kier molecular flexibility index (Phi) is 11.6. The van der Waals surface area contributed by atoms with Crippen molar-refractivity contribution in [2.75, 3.05) is 0 Å². The molecule has 0 saturated carbocycles. The van der Waals surface area contributed by atoms with Crippen LogP contribution in [0, 0.1) is 22.7 Å². The monoisotopic (exact) mass is 1260 g/mol. The molecule has 0 atom stereocenters. The van der Waals surface area contributed by atoms with Crippen LogP contribution in [-0.2, 0) is 6.18 Å². The number of nitriles is 2. The van der Waals surface area contributed by atoms with E-state index in [4.69, 9.17) is 0 Å². The van der Waals surface area contributed by atoms with Crippen molar-refractivity contribution in [3.63, 3.8) is 0 Å². The molecule has 20 aromatic rings. The topological polar surface area (TPSA) is 77.2 Å². The van der Waals surface area contributed by atoms with E-state index >= 15 is 13.2 Å². The van der Waals surface area contributed by atoms with Gasteiger partial charge >= 0.3 is 6.18 Å². The summed E-state index contributed by atoms with van der Waals surface area (Å²) in [6.45, 7) is 0. The molecule has 0 fully saturated rings. The van der Waals surface area contributed by atoms with Crippen LogP contribution in [0.5, 0.6) is 0 Å². The molecule has 98 heavy (non-hydrogen) atoms. The van der Waals surface area contributed by atoms with Gasteiger partial charge in [-0.3, -0.25) is 0 Å². The van der Waals surface area contributed by atoms with E-state index < -0.39 is 11.7 Å². The Hall–Kier alpha value is -13.4. The van der Waals surface area contributed by atoms with Gasteiger partial charge in [-0.1, -0.05) is 146 Å². The van der Waals surface area contributed by atoms with Gasteiger partial charge in [-0.15, -0.1) is 0 Å². The quantitative estimate of drug-likeness (QED) is 0.159. The van der Waals surface area contributed by atoms with Gasteiger partial charge in [0, 0.05) is 92.9 Å². The van der Waals surface area contributed by atoms with Gasteiger partial charge in [-0.2, -0.15) is 23.7 Å². The summed E-state index contributed by atoms with van der Waals surface area (Å²) in [4.78, 5) is 0. The minimum absolute atomic E-state index is 0.142. The number of alkyl halides is 3. The molecule has 0 unspecified atom stereocenters. The molecule has 8 nitrogen and oxygen atoms in total. The van der Waals surface area contributed by atoms with Crippen molar-refractivity contribution >= 4 is 131 Å². The second-order valence-electron chi connectivity index (χ2n) is 25.4. The second-order valence-corrected chi connectivity index (χ2v) is 25.4. The molecule has 11 heteroatoms. The van der Waals surface area contributed by atoms with E-state index in [1.807, 2.05) is 0 Å². The highest BCUT2D eigenvalue weighted by atomic mass is 19.4. The molecule has 0 amide bonds. The first-order valence-electron chi connectivity index (χ1n) is 32.5. The maximum atomic E-state index is 15.7. The zero-order valence-corrected chi connectivity index (χ0v) is 52.0. The van der Waals surface area contributed by atoms with Gasteiger partial charge in [0.2, 0.25) is 0 Å². The fraction of sp³-hybridized carbons (Fsp3) is 0.0115. The summed E-state index contributed by atoms with van der Waals surface area (Å²) in [5, 5.41) is 34.8. The van der Waals surface area contributed by atoms with Crippen molar-refractivity contribution in [1.82, 2.24) is 27.4 Å². The van der Waals surface area contributed by atoms with E-state index in [9.17, 15) is 10.5 Å². The predicted molar refractivity (Wildman–Crippen MR) is 392 cm³/mol. The molecule has 6 aromatic heterocycles. The molecule has 14 aromatic carbocycles. The van der Waals surface area contributed by atoms with Gasteiger partial charge in [0.15, 0.2) is 0 Å². The van der Waals surface area contributed by atoms with Crippen LogP contribution in [0.3, 0.4) is 0 Å². The van der Waals surface area contributed by atoms with E-state index in [1.54, 1.807) is 18.2 Å². The molecule has 0 aliphatic carbocycles. The lowest BCUT2D eigenvalue weighted by Crippen LogP contribution is -2.08. The molecule has 0 N–H and O–H groups in total. The number of hydrogen-bond donors (Lipinski definition) is 0. The molecule has 20 rings (SSSR count). The van der Waals surface area contributed by atoms with Crippen LogP contribution in [0.15, 0.2) is 297 Å². The summed E-state index contributed by atoms with van der Waals surface area (Å²) in [5.74, 6) is 0. The van der Waals surface area contributed by atoms with E-state index in [1.165, 1.54) is 0 Å². The van der Waals surface area contributed by atoms with Crippen molar-refractivity contribution in [1.29, 1.82) is 10.5 Å². The van der Waals surface area contributed by atoms with Gasteiger partial charge in [0.05, 0.1) is 106 Å². The molecule has 6 heterocycles. The Morgan fingerprint density at radius 2 is 0.469 bits per heavy atom. The first-order valence-corrected chi connectivity index (χ1v) is 32.5. The normalized spacial score (nSPS) is 12.2. The summed E-state index contributed by atoms with van der Waals surface area (Å²) >= 11 is 0. The fourth-order valence-corrected chi connectivity index (χ4v) is 16.2. The van der Waals surface area contributed by atoms with Crippen molar-refractivity contribution < 1.29 is 13.2 Å². The highest BCUT2D eigenvalue weighted by Gasteiger charge is 2.33. The molecule has 0 bridgehead atoms. The van der Waals surface area contributed by atoms with Gasteiger partial charge in [0.1, 0.15) is 0 Å². The minimum Gasteiger partial charge on any atom is -0.309 e. The molecule has 0 aliphatic heterocycles. The maximum absolute atomic E-state index is 15.7. The van der Waals surface area contributed by atoms with Crippen LogP contribution in [-0.4, -0.2) is 27.4 Å². The summed E-state index contributed by atoms with van der Waals surface area (Å²) in [5.41, 5.74) is 15.4. The standard InChI is InChI=1S/C87H49F3N8/c88-87(89,90)55-42-52(50-91)41-54(45-55)86-84(97-80-37-33-56(93-72-25-9-1-17-60(72)61-18-2-10-26-73(61)93)46-68(80)69-47-57(34-38-81(69)97)94-74-27-11-3-19-62(74)63-20-4-12-28-75(63)94)43-53(51-92)44-85(86)98-82-39-35-58(95-76-29-13-5-21-64(76)65-22-6-14-30-77(65)95)48-70(82)71-49-59(36-40-83(71)98)96-78-31-15-7-23-66(78)67-24-8-16-32-79(67)96/h1-49H. The van der Waals surface area contributed by atoms with Crippen molar-refractivity contribution in [2.24, 2.45) is 0 Å². The van der Waals surface area contributed by atoms with Gasteiger partial charge in [-0.05, 0) is 157 Å². The molecule has 458 valence electrons. The van der Waals surface area contributed by atoms with E-state index in [2.05, 4.69) is 306 Å². The number of hydrogen-bond acceptors (Lipinski definition) is 2. The Labute approximate surface area is 556 Å². The number of fused-ring (bicyclic) bond motifs is 18. The summed E-state index contributed by atoms with van der Waals surface area (Å²) in [6, 6.07) is 105. The maximum Gasteiger partial charge on any atom is 0.416 e. The van der Waals surface area contributed by atoms with Gasteiger partial charge in [-0.25, -0.2) is 0 Å². The SMILES string of the molecule is N#Cc1cc(-c2c(-n3c4ccc(-n5c6ccccc6c6ccccc65)cc4c4cc(-n5c6ccccc6c6ccccc65)ccc43)cc(C#N)cc2-n2c3ccc(-n4c5ccccc5c5ccccc54)cc3c3cc(-n4c5ccccc5c5ccccc54)ccc32)cc(C(F)(F)F)c1. The highest BCUT2D eigenvalue weighted by Crippen LogP contribution is 2.48. The summed E-state index contributed by atoms with van der Waals surface area (Å²) < 4.78 is 60.6. The lowest BCUT2D eigenvalue weighted by Gasteiger charge is -2.22. The van der Waals surface area contributed by atoms with Crippen LogP contribution in [0.2, 0.25) is 0 Å². The Bertz CT molecular complexity index is 6040. The van der Waals surface area contributed by atoms with E-state index in [0.29, 0.717) is 16.9 Å². The average molecular weight is 1260 g/mol. The van der Waals surface area contributed by atoms with Crippen LogP contribution in [0.25, 0.3) is 176 Å². The largest absolute Gasteiger partial charge is 0.416 e. The molecule has 0 radical (unpaired) electrons. The minimum atomic E-state index is -4.84. The molecular weight excluding hydrogens is 1210 g/mol. The third-order valence-corrected chi connectivity index (χ3v) is 20.2. The Morgan fingerprint density at radius 1 is 0.235 bits per heavy atom. The van der Waals surface area contributed by atoms with Crippen molar-refractivity contribution in [3.05, 3.63) is 314 Å². The van der Waals surface area contributed by atoms with Crippen LogP contribution in [0.1, 0.15) is 16.7 Å². The first-order chi connectivity index (χ1) is 48.2. The van der Waals surface area contributed by atoms with Crippen LogP contribution < -0.4 is 0 Å². The lowest BCUT2D eigenvalue weighted by molar-refractivity contribution is -0.137. The van der Waals surface area contributed by atoms with Gasteiger partial charge < -0.3 is 27.4 Å². The second kappa shape index (κ2) is 20.6. The number of rotatable bonds is 7. The number of aromatic nitrogens is 6. The zero-order chi connectivity index (χ0) is 65.2. The number of para-hydroxylation sites is 8. The average Bonchev–Trinajstić information content (AvgIpc) is 1.54. The molecule has 0 aliphatic rings. The van der Waals surface area contributed by atoms with Crippen molar-refractivity contribution in [2.45, 2.75) is 6.18 Å². The van der Waals surface area contributed by atoms with Gasteiger partial charge in [0.25, 0.3) is 0 Å². The van der Waals surface area contributed by atoms with Crippen molar-refractivity contribution in [3.8, 4) is 57.4 Å². The Morgan fingerprint density at radius 3 is 0.714 bits per heavy atom. The summed E-state index contributed by atoms with van der Waals surface area (Å²) in [7, 11) is 0. The molecule has 0 saturated heterocycles. The van der Waals surface area contributed by atoms with Crippen LogP contribution in [0.4, 0.5) is 13.2 Å². The highest BCUT2D eigenvalue weighted by molar-refractivity contribution is 6.17. The third-order valence-electron chi connectivity index (χ3n) is 20.2. The summed E-state index contributed by atoms with van der Waals surface area (Å²) in [6.07, 6.45) is -4.84. The number of halogens is 3. The number of benzene rings is 14. The zero-order valence-electron chi connectivity index (χ0n) is 52.0. The first kappa shape index (κ1) is 55.1. The third kappa shape index (κ3) is 7.87. The van der Waals surface area contributed by atoms with Crippen LogP contribution >= 0.6 is 0 Å². The predicted octanol–water partition coefficient (Wildman–Crippen LogP) is 22.7. The molecular formula is C87H49F3N8. The molecule has 0 spiro atoms. The number of nitrogens with zero attached hydrogens (tertiary/aromatic N) is 8. The smallest absolute Gasteiger partial charge is 0.309 e. The Balaban J connectivity index is 0.923. The van der Waals surface area contributed by atoms with E-state index in [-0.39, 0.29) is 16.7 Å². The fourth-order valence-electron chi connectivity index (χ4n) is 16.2. The lowest BCUT2D eigenvalue weighted by atomic mass is 9.94. The van der Waals surface area contributed by atoms with E-state index in [0.717, 1.165) is 166 Å².